The van der Waals surface area contributed by atoms with E-state index < -0.39 is 3.98 Å². The lowest BCUT2D eigenvalue weighted by Crippen LogP contribution is -2.06. The fraction of sp³-hybridized carbons (Fsp3) is 1.00. The molecule has 0 N–H and O–H groups in total. The Morgan fingerprint density at radius 3 is 1.71 bits per heavy atom. The predicted octanol–water partition coefficient (Wildman–Crippen LogP) is 2.53. The third-order valence-corrected chi connectivity index (χ3v) is 0.655. The topological polar surface area (TPSA) is 9.23 Å². The molecule has 0 atom stereocenters. The van der Waals surface area contributed by atoms with Gasteiger partial charge in [-0.05, 0) is 0 Å². The Hall–Kier alpha value is 1.12. The SMILES string of the molecule is ClCOC(Cl)(Cl)Cl. The molecule has 0 radical (unpaired) electrons. The lowest BCUT2D eigenvalue weighted by atomic mass is 11.5. The first kappa shape index (κ1) is 8.12. The highest BCUT2D eigenvalue weighted by atomic mass is 35.6. The van der Waals surface area contributed by atoms with Gasteiger partial charge in [-0.15, -0.1) is 0 Å². The third kappa shape index (κ3) is 7.12. The van der Waals surface area contributed by atoms with E-state index in [1.54, 1.807) is 0 Å². The molecular weight excluding hydrogens is 182 g/mol. The highest BCUT2D eigenvalue weighted by Gasteiger charge is 2.18. The first-order chi connectivity index (χ1) is 3.06. The minimum Gasteiger partial charge on any atom is -0.318 e. The minimum atomic E-state index is -1.66. The van der Waals surface area contributed by atoms with E-state index >= 15 is 0 Å². The van der Waals surface area contributed by atoms with Gasteiger partial charge in [0.05, 0.1) is 0 Å². The summed E-state index contributed by atoms with van der Waals surface area (Å²) < 4.78 is 2.63. The molecule has 0 unspecified atom stereocenters. The quantitative estimate of drug-likeness (QED) is 0.568. The van der Waals surface area contributed by atoms with Crippen LogP contribution >= 0.6 is 46.4 Å². The normalized spacial score (nSPS) is 12.0. The van der Waals surface area contributed by atoms with Crippen LogP contribution in [0.2, 0.25) is 0 Å². The van der Waals surface area contributed by atoms with Gasteiger partial charge in [-0.1, -0.05) is 46.4 Å². The number of halogens is 4. The van der Waals surface area contributed by atoms with Crippen molar-refractivity contribution in [3.8, 4) is 0 Å². The third-order valence-electron chi connectivity index (χ3n) is 0.218. The van der Waals surface area contributed by atoms with Crippen LogP contribution in [0.3, 0.4) is 0 Å². The van der Waals surface area contributed by atoms with Crippen molar-refractivity contribution >= 4 is 46.4 Å². The summed E-state index contributed by atoms with van der Waals surface area (Å²) in [4.78, 5) is 0. The van der Waals surface area contributed by atoms with E-state index in [9.17, 15) is 0 Å². The Morgan fingerprint density at radius 2 is 1.71 bits per heavy atom. The molecule has 0 saturated heterocycles. The molecule has 0 aromatic carbocycles. The van der Waals surface area contributed by atoms with Crippen molar-refractivity contribution in [3.05, 3.63) is 0 Å². The van der Waals surface area contributed by atoms with E-state index in [4.69, 9.17) is 46.4 Å². The predicted molar refractivity (Wildman–Crippen MR) is 32.1 cm³/mol. The lowest BCUT2D eigenvalue weighted by molar-refractivity contribution is 0.176. The zero-order valence-electron chi connectivity index (χ0n) is 3.13. The minimum absolute atomic E-state index is 0.115. The van der Waals surface area contributed by atoms with Crippen molar-refractivity contribution in [1.82, 2.24) is 0 Å². The Kier molecular flexibility index (Phi) is 3.72. The molecule has 0 aromatic rings. The summed E-state index contributed by atoms with van der Waals surface area (Å²) in [5.41, 5.74) is 0. The lowest BCUT2D eigenvalue weighted by Gasteiger charge is -2.06. The van der Waals surface area contributed by atoms with Gasteiger partial charge in [0.25, 0.3) is 3.98 Å². The molecule has 0 saturated carbocycles. The van der Waals surface area contributed by atoms with Crippen LogP contribution in [0.15, 0.2) is 0 Å². The van der Waals surface area contributed by atoms with Gasteiger partial charge in [0, 0.05) is 0 Å². The molecule has 0 aliphatic rings. The standard InChI is InChI=1S/C2H2Cl4O/c3-1-7-2(4,5)6/h1H2. The van der Waals surface area contributed by atoms with E-state index in [2.05, 4.69) is 4.74 Å². The van der Waals surface area contributed by atoms with Crippen molar-refractivity contribution in [2.75, 3.05) is 6.07 Å². The van der Waals surface area contributed by atoms with Crippen LogP contribution in [-0.4, -0.2) is 10.0 Å². The molecule has 7 heavy (non-hydrogen) atoms. The zero-order valence-corrected chi connectivity index (χ0v) is 6.15. The van der Waals surface area contributed by atoms with Gasteiger partial charge in [-0.25, -0.2) is 0 Å². The van der Waals surface area contributed by atoms with Gasteiger partial charge in [-0.2, -0.15) is 0 Å². The molecule has 1 nitrogen and oxygen atoms in total. The second-order valence-corrected chi connectivity index (χ2v) is 3.09. The zero-order chi connectivity index (χ0) is 5.91. The van der Waals surface area contributed by atoms with Crippen LogP contribution in [0, 0.1) is 0 Å². The molecule has 0 aliphatic heterocycles. The van der Waals surface area contributed by atoms with Crippen molar-refractivity contribution < 1.29 is 4.74 Å². The fourth-order valence-corrected chi connectivity index (χ4v) is 0.557. The molecular formula is C2H2Cl4O. The maximum absolute atomic E-state index is 5.06. The van der Waals surface area contributed by atoms with Gasteiger partial charge >= 0.3 is 0 Å². The van der Waals surface area contributed by atoms with Crippen LogP contribution in [0.4, 0.5) is 0 Å². The van der Waals surface area contributed by atoms with Crippen molar-refractivity contribution in [3.63, 3.8) is 0 Å². The molecule has 0 amide bonds. The van der Waals surface area contributed by atoms with Gasteiger partial charge in [0.15, 0.2) is 0 Å². The summed E-state index contributed by atoms with van der Waals surface area (Å²) in [5, 5.41) is 0. The number of rotatable bonds is 1. The van der Waals surface area contributed by atoms with E-state index in [0.717, 1.165) is 0 Å². The van der Waals surface area contributed by atoms with Gasteiger partial charge in [0.1, 0.15) is 6.07 Å². The van der Waals surface area contributed by atoms with Crippen LogP contribution < -0.4 is 0 Å². The molecule has 0 aliphatic carbocycles. The van der Waals surface area contributed by atoms with E-state index in [-0.39, 0.29) is 6.07 Å². The van der Waals surface area contributed by atoms with Gasteiger partial charge in [-0.3, -0.25) is 0 Å². The highest BCUT2D eigenvalue weighted by molar-refractivity contribution is 6.66. The summed E-state index contributed by atoms with van der Waals surface area (Å²) in [6.45, 7) is 0. The molecule has 0 fully saturated rings. The van der Waals surface area contributed by atoms with E-state index in [0.29, 0.717) is 0 Å². The second-order valence-electron chi connectivity index (χ2n) is 0.699. The summed E-state index contributed by atoms with van der Waals surface area (Å²) in [7, 11) is 0. The number of hydrogen-bond donors (Lipinski definition) is 0. The number of ether oxygens (including phenoxy) is 1. The Labute approximate surface area is 61.4 Å². The fourth-order valence-electron chi connectivity index (χ4n) is 0.0619. The number of alkyl halides is 4. The smallest absolute Gasteiger partial charge is 0.298 e. The Bertz CT molecular complexity index is 48.1. The summed E-state index contributed by atoms with van der Waals surface area (Å²) >= 11 is 20.2. The Morgan fingerprint density at radius 1 is 1.29 bits per heavy atom. The summed E-state index contributed by atoms with van der Waals surface area (Å²) in [6.07, 6.45) is 0. The maximum Gasteiger partial charge on any atom is 0.298 e. The molecule has 0 heterocycles. The van der Waals surface area contributed by atoms with E-state index in [1.165, 1.54) is 0 Å². The Balaban J connectivity index is 3.15. The van der Waals surface area contributed by atoms with Crippen LogP contribution in [0.5, 0.6) is 0 Å². The first-order valence-electron chi connectivity index (χ1n) is 1.33. The maximum atomic E-state index is 5.06. The van der Waals surface area contributed by atoms with Crippen molar-refractivity contribution in [2.24, 2.45) is 0 Å². The van der Waals surface area contributed by atoms with Crippen LogP contribution in [0.25, 0.3) is 0 Å². The molecule has 44 valence electrons. The average Bonchev–Trinajstić information content (AvgIpc) is 1.30. The van der Waals surface area contributed by atoms with E-state index in [1.807, 2.05) is 0 Å². The molecule has 5 heteroatoms. The molecule has 0 bridgehead atoms. The highest BCUT2D eigenvalue weighted by Crippen LogP contribution is 2.27. The van der Waals surface area contributed by atoms with Gasteiger partial charge < -0.3 is 4.74 Å². The largest absolute Gasteiger partial charge is 0.318 e. The summed E-state index contributed by atoms with van der Waals surface area (Å²) in [6, 6.07) is -0.115. The van der Waals surface area contributed by atoms with Crippen LogP contribution in [0.1, 0.15) is 0 Å². The molecule has 0 aromatic heterocycles. The summed E-state index contributed by atoms with van der Waals surface area (Å²) in [5.74, 6) is 0. The monoisotopic (exact) mass is 182 g/mol. The molecule has 0 spiro atoms. The van der Waals surface area contributed by atoms with Crippen molar-refractivity contribution in [2.45, 2.75) is 3.98 Å². The second kappa shape index (κ2) is 3.21. The first-order valence-corrected chi connectivity index (χ1v) is 3.00. The average molecular weight is 184 g/mol. The number of hydrogen-bond acceptors (Lipinski definition) is 1. The van der Waals surface area contributed by atoms with Crippen molar-refractivity contribution in [1.29, 1.82) is 0 Å². The van der Waals surface area contributed by atoms with Gasteiger partial charge in [0.2, 0.25) is 0 Å². The van der Waals surface area contributed by atoms with Crippen LogP contribution in [-0.2, 0) is 4.74 Å². The molecule has 0 rings (SSSR count).